The second kappa shape index (κ2) is 16.5. The Morgan fingerprint density at radius 1 is 0.508 bits per heavy atom. The molecule has 0 radical (unpaired) electrons. The summed E-state index contributed by atoms with van der Waals surface area (Å²) in [6.45, 7) is 34.2. The van der Waals surface area contributed by atoms with Crippen molar-refractivity contribution in [2.24, 2.45) is 10.8 Å². The van der Waals surface area contributed by atoms with Gasteiger partial charge in [-0.1, -0.05) is 163 Å². The summed E-state index contributed by atoms with van der Waals surface area (Å²) in [6, 6.07) is 48.7. The van der Waals surface area contributed by atoms with Gasteiger partial charge in [0.15, 0.2) is 0 Å². The number of ether oxygens (including phenoxy) is 1. The fraction of sp³-hybridized carbons (Fsp3) is 0.333. The summed E-state index contributed by atoms with van der Waals surface area (Å²) in [5, 5.41) is 2.25. The SMILES string of the molecule is CC(C)(C)C1=C(C(C)(C)C)N(c2ccc(C(C)(C)c3ccccc3)cc2)[CH-]N1c1[c-]c(Oc2[c-]c3c(cc2)c2ccccc2n3-c2cc(C(C)(C)C)ccn2)cc(C(C)(C)C)c1.[Pt]. The molecule has 330 valence electrons. The van der Waals surface area contributed by atoms with Gasteiger partial charge in [0.1, 0.15) is 5.82 Å². The van der Waals surface area contributed by atoms with Crippen LogP contribution in [0.25, 0.3) is 27.6 Å². The van der Waals surface area contributed by atoms with E-state index in [2.05, 4.69) is 239 Å². The largest absolute Gasteiger partial charge is 0.509 e. The van der Waals surface area contributed by atoms with Crippen LogP contribution in [0.5, 0.6) is 11.5 Å². The third-order valence-electron chi connectivity index (χ3n) is 12.3. The van der Waals surface area contributed by atoms with Crippen LogP contribution in [0.2, 0.25) is 0 Å². The summed E-state index contributed by atoms with van der Waals surface area (Å²) in [5.41, 5.74) is 10.8. The molecule has 0 spiro atoms. The maximum atomic E-state index is 6.88. The molecule has 0 saturated heterocycles. The van der Waals surface area contributed by atoms with Crippen LogP contribution in [0.3, 0.4) is 0 Å². The van der Waals surface area contributed by atoms with E-state index >= 15 is 0 Å². The number of benzene rings is 5. The van der Waals surface area contributed by atoms with Gasteiger partial charge in [-0.3, -0.25) is 0 Å². The van der Waals surface area contributed by atoms with Gasteiger partial charge in [-0.15, -0.1) is 53.6 Å². The Labute approximate surface area is 391 Å². The predicted octanol–water partition coefficient (Wildman–Crippen LogP) is 15.2. The van der Waals surface area contributed by atoms with Crippen molar-refractivity contribution in [3.8, 4) is 17.3 Å². The first-order valence-corrected chi connectivity index (χ1v) is 22.0. The Bertz CT molecular complexity index is 2800. The minimum atomic E-state index is -0.208. The summed E-state index contributed by atoms with van der Waals surface area (Å²) >= 11 is 0. The maximum Gasteiger partial charge on any atom is 0.135 e. The Hall–Kier alpha value is -5.12. The normalized spacial score (nSPS) is 14.2. The quantitative estimate of drug-likeness (QED) is 0.149. The zero-order valence-corrected chi connectivity index (χ0v) is 41.9. The minimum absolute atomic E-state index is 0. The summed E-state index contributed by atoms with van der Waals surface area (Å²) < 4.78 is 9.09. The Kier molecular flexibility index (Phi) is 12.0. The van der Waals surface area contributed by atoms with Gasteiger partial charge in [-0.2, -0.15) is 6.07 Å². The Morgan fingerprint density at radius 2 is 1.11 bits per heavy atom. The molecule has 0 N–H and O–H groups in total. The van der Waals surface area contributed by atoms with E-state index in [4.69, 9.17) is 9.72 Å². The fourth-order valence-electron chi connectivity index (χ4n) is 8.77. The molecule has 2 aromatic heterocycles. The molecule has 63 heavy (non-hydrogen) atoms. The molecule has 0 unspecified atom stereocenters. The molecule has 0 amide bonds. The smallest absolute Gasteiger partial charge is 0.135 e. The van der Waals surface area contributed by atoms with Crippen molar-refractivity contribution in [2.45, 2.75) is 113 Å². The van der Waals surface area contributed by atoms with Gasteiger partial charge < -0.3 is 19.1 Å². The summed E-state index contributed by atoms with van der Waals surface area (Å²) in [5.74, 6) is 2.12. The summed E-state index contributed by atoms with van der Waals surface area (Å²) in [7, 11) is 0. The number of aromatic nitrogens is 2. The molecule has 0 bridgehead atoms. The number of hydrogen-bond donors (Lipinski definition) is 0. The third-order valence-corrected chi connectivity index (χ3v) is 12.3. The first-order chi connectivity index (χ1) is 29.0. The Morgan fingerprint density at radius 3 is 1.75 bits per heavy atom. The zero-order chi connectivity index (χ0) is 44.6. The van der Waals surface area contributed by atoms with Gasteiger partial charge in [-0.25, -0.2) is 4.98 Å². The number of pyridine rings is 1. The number of para-hydroxylation sites is 1. The van der Waals surface area contributed by atoms with Crippen LogP contribution in [0, 0.1) is 29.6 Å². The van der Waals surface area contributed by atoms with Gasteiger partial charge in [0.2, 0.25) is 0 Å². The van der Waals surface area contributed by atoms with E-state index in [1.807, 2.05) is 12.3 Å². The molecule has 1 aliphatic rings. The van der Waals surface area contributed by atoms with E-state index in [0.717, 1.165) is 44.6 Å². The van der Waals surface area contributed by atoms with E-state index in [1.54, 1.807) is 0 Å². The number of rotatable bonds is 7. The van der Waals surface area contributed by atoms with Gasteiger partial charge >= 0.3 is 0 Å². The first-order valence-electron chi connectivity index (χ1n) is 22.0. The number of nitrogens with zero attached hydrogens (tertiary/aromatic N) is 4. The van der Waals surface area contributed by atoms with Gasteiger partial charge in [0, 0.05) is 77.6 Å². The monoisotopic (exact) mass is 1010 g/mol. The number of anilines is 2. The molecular formula is C57H63N4OPt-3. The molecule has 1 aliphatic heterocycles. The van der Waals surface area contributed by atoms with Gasteiger partial charge in [0.25, 0.3) is 0 Å². The number of fused-ring (bicyclic) bond motifs is 3. The summed E-state index contributed by atoms with van der Waals surface area (Å²) in [4.78, 5) is 9.63. The van der Waals surface area contributed by atoms with Crippen LogP contribution in [0.1, 0.15) is 119 Å². The van der Waals surface area contributed by atoms with Gasteiger partial charge in [-0.05, 0) is 63.2 Å². The van der Waals surface area contributed by atoms with Crippen molar-refractivity contribution in [1.29, 1.82) is 0 Å². The van der Waals surface area contributed by atoms with Crippen LogP contribution < -0.4 is 14.5 Å². The van der Waals surface area contributed by atoms with Crippen molar-refractivity contribution in [3.63, 3.8) is 0 Å². The van der Waals surface area contributed by atoms with Crippen molar-refractivity contribution < 1.29 is 25.8 Å². The van der Waals surface area contributed by atoms with Crippen LogP contribution in [-0.2, 0) is 37.3 Å². The van der Waals surface area contributed by atoms with Crippen LogP contribution in [0.15, 0.2) is 133 Å². The average molecular weight is 1020 g/mol. The molecule has 7 aromatic rings. The fourth-order valence-corrected chi connectivity index (χ4v) is 8.77. The number of hydrogen-bond acceptors (Lipinski definition) is 4. The van der Waals surface area contributed by atoms with Crippen molar-refractivity contribution in [2.75, 3.05) is 9.80 Å². The topological polar surface area (TPSA) is 33.5 Å². The molecule has 0 aliphatic carbocycles. The standard InChI is InChI=1S/C57H63N4O.Pt/c1-53(2,3)40-30-31-58-50(34-40)61-48-23-19-18-22-46(48)47-29-28-44(36-49(47)61)62-45-33-41(54(4,5)6)32-43(35-45)60-37-59(51(55(7,8)9)52(60)56(10,11)12)42-26-24-39(25-27-42)57(13,14)38-20-16-15-17-21-38;/h15-34,37H,1-14H3;/q-3;. The van der Waals surface area contributed by atoms with Crippen LogP contribution in [-0.4, -0.2) is 9.55 Å². The van der Waals surface area contributed by atoms with Crippen molar-refractivity contribution >= 4 is 33.2 Å². The van der Waals surface area contributed by atoms with E-state index in [9.17, 15) is 0 Å². The van der Waals surface area contributed by atoms with E-state index in [-0.39, 0.29) is 48.1 Å². The third kappa shape index (κ3) is 8.88. The average Bonchev–Trinajstić information content (AvgIpc) is 3.79. The van der Waals surface area contributed by atoms with Crippen LogP contribution in [0.4, 0.5) is 11.4 Å². The summed E-state index contributed by atoms with van der Waals surface area (Å²) in [6.07, 6.45) is 1.91. The second-order valence-electron chi connectivity index (χ2n) is 21.7. The van der Waals surface area contributed by atoms with Crippen molar-refractivity contribution in [1.82, 2.24) is 9.55 Å². The second-order valence-corrected chi connectivity index (χ2v) is 21.7. The molecule has 3 heterocycles. The molecule has 0 fully saturated rings. The zero-order valence-electron chi connectivity index (χ0n) is 39.6. The van der Waals surface area contributed by atoms with E-state index in [0.29, 0.717) is 11.5 Å². The maximum absolute atomic E-state index is 6.88. The molecule has 0 saturated carbocycles. The van der Waals surface area contributed by atoms with E-state index in [1.165, 1.54) is 28.1 Å². The van der Waals surface area contributed by atoms with Gasteiger partial charge in [0.05, 0.1) is 0 Å². The predicted molar refractivity (Wildman–Crippen MR) is 260 cm³/mol. The Balaban J connectivity index is 0.00000595. The van der Waals surface area contributed by atoms with Crippen LogP contribution >= 0.6 is 0 Å². The molecule has 5 nitrogen and oxygen atoms in total. The number of allylic oxidation sites excluding steroid dienone is 2. The van der Waals surface area contributed by atoms with E-state index < -0.39 is 0 Å². The first kappa shape index (κ1) is 45.9. The van der Waals surface area contributed by atoms with Crippen molar-refractivity contribution in [3.05, 3.63) is 174 Å². The molecule has 8 rings (SSSR count). The molecular weight excluding hydrogens is 952 g/mol. The minimum Gasteiger partial charge on any atom is -0.509 e. The molecule has 5 aromatic carbocycles. The molecule has 0 atom stereocenters. The molecule has 6 heteroatoms.